The van der Waals surface area contributed by atoms with E-state index in [1.54, 1.807) is 0 Å². The summed E-state index contributed by atoms with van der Waals surface area (Å²) in [6, 6.07) is 0. The Morgan fingerprint density at radius 3 is 2.81 bits per heavy atom. The van der Waals surface area contributed by atoms with Crippen molar-refractivity contribution in [1.29, 1.82) is 0 Å². The first-order chi connectivity index (χ1) is 12.4. The SMILES string of the molecule is C[C@@H]1C(=O)[C@]23C4C[C@H]1CC2[C@@]12CCC[C@@](C)(CN5CCOC451)C2C[C@H]3O. The summed E-state index contributed by atoms with van der Waals surface area (Å²) in [7, 11) is 0. The number of carbonyl (C=O) groups is 1. The maximum absolute atomic E-state index is 13.8. The van der Waals surface area contributed by atoms with Gasteiger partial charge in [0.1, 0.15) is 11.5 Å². The lowest BCUT2D eigenvalue weighted by molar-refractivity contribution is -0.283. The van der Waals surface area contributed by atoms with Gasteiger partial charge in [-0.05, 0) is 55.3 Å². The van der Waals surface area contributed by atoms with Gasteiger partial charge in [-0.2, -0.15) is 0 Å². The summed E-state index contributed by atoms with van der Waals surface area (Å²) in [4.78, 5) is 16.5. The van der Waals surface area contributed by atoms with Crippen LogP contribution in [0.2, 0.25) is 0 Å². The van der Waals surface area contributed by atoms with Crippen molar-refractivity contribution < 1.29 is 14.6 Å². The molecule has 1 N–H and O–H groups in total. The Balaban J connectivity index is 1.58. The number of piperidine rings is 1. The first kappa shape index (κ1) is 15.5. The van der Waals surface area contributed by atoms with Gasteiger partial charge in [-0.3, -0.25) is 9.69 Å². The molecule has 4 nitrogen and oxygen atoms in total. The number of ether oxygens (including phenoxy) is 1. The fraction of sp³-hybridized carbons (Fsp3) is 0.955. The van der Waals surface area contributed by atoms with Gasteiger partial charge >= 0.3 is 0 Å². The molecule has 3 spiro atoms. The minimum atomic E-state index is -0.504. The Labute approximate surface area is 155 Å². The molecule has 0 radical (unpaired) electrons. The number of carbonyl (C=O) groups excluding carboxylic acids is 1. The zero-order valence-corrected chi connectivity index (χ0v) is 16.0. The van der Waals surface area contributed by atoms with E-state index >= 15 is 0 Å². The molecule has 2 heterocycles. The molecule has 2 saturated heterocycles. The maximum Gasteiger partial charge on any atom is 0.145 e. The van der Waals surface area contributed by atoms with Gasteiger partial charge in [-0.1, -0.05) is 20.3 Å². The lowest BCUT2D eigenvalue weighted by Gasteiger charge is -2.69. The minimum absolute atomic E-state index is 0.114. The molecule has 6 saturated carbocycles. The van der Waals surface area contributed by atoms with Gasteiger partial charge in [-0.15, -0.1) is 0 Å². The number of fused-ring (bicyclic) bond motifs is 1. The van der Waals surface area contributed by atoms with E-state index in [4.69, 9.17) is 4.74 Å². The van der Waals surface area contributed by atoms with Gasteiger partial charge in [0.05, 0.1) is 18.1 Å². The van der Waals surface area contributed by atoms with Crippen LogP contribution in [0.1, 0.15) is 52.4 Å². The first-order valence-corrected chi connectivity index (χ1v) is 11.0. The smallest absolute Gasteiger partial charge is 0.145 e. The Hall–Kier alpha value is -0.450. The molecule has 4 unspecified atom stereocenters. The highest BCUT2D eigenvalue weighted by atomic mass is 16.5. The van der Waals surface area contributed by atoms with Crippen LogP contribution < -0.4 is 0 Å². The molecule has 0 aromatic rings. The van der Waals surface area contributed by atoms with Crippen LogP contribution in [-0.2, 0) is 9.53 Å². The van der Waals surface area contributed by atoms with E-state index in [0.29, 0.717) is 23.5 Å². The van der Waals surface area contributed by atoms with Crippen molar-refractivity contribution >= 4 is 5.78 Å². The number of rotatable bonds is 0. The molecular formula is C22H31NO3. The van der Waals surface area contributed by atoms with E-state index in [1.165, 1.54) is 19.3 Å². The quantitative estimate of drug-likeness (QED) is 0.723. The van der Waals surface area contributed by atoms with E-state index in [-0.39, 0.29) is 28.4 Å². The van der Waals surface area contributed by atoms with Crippen molar-refractivity contribution in [3.63, 3.8) is 0 Å². The van der Waals surface area contributed by atoms with E-state index in [2.05, 4.69) is 18.7 Å². The fourth-order valence-electron chi connectivity index (χ4n) is 10.7. The van der Waals surface area contributed by atoms with Crippen LogP contribution in [0.5, 0.6) is 0 Å². The maximum atomic E-state index is 13.8. The summed E-state index contributed by atoms with van der Waals surface area (Å²) >= 11 is 0. The number of aliphatic hydroxyl groups excluding tert-OH is 1. The predicted octanol–water partition coefficient (Wildman–Crippen LogP) is 2.45. The largest absolute Gasteiger partial charge is 0.392 e. The average molecular weight is 357 g/mol. The molecule has 8 fully saturated rings. The zero-order chi connectivity index (χ0) is 17.7. The second kappa shape index (κ2) is 4.11. The monoisotopic (exact) mass is 357 g/mol. The fourth-order valence-corrected chi connectivity index (χ4v) is 10.7. The molecule has 10 atom stereocenters. The van der Waals surface area contributed by atoms with E-state index in [0.717, 1.165) is 39.0 Å². The molecule has 0 aromatic carbocycles. The molecule has 142 valence electrons. The van der Waals surface area contributed by atoms with E-state index < -0.39 is 11.5 Å². The minimum Gasteiger partial charge on any atom is -0.392 e. The van der Waals surface area contributed by atoms with Gasteiger partial charge < -0.3 is 9.84 Å². The number of hydrogen-bond donors (Lipinski definition) is 1. The van der Waals surface area contributed by atoms with Crippen LogP contribution in [0.4, 0.5) is 0 Å². The second-order valence-corrected chi connectivity index (χ2v) is 11.2. The predicted molar refractivity (Wildman–Crippen MR) is 95.1 cm³/mol. The summed E-state index contributed by atoms with van der Waals surface area (Å²) < 4.78 is 6.83. The number of ketones is 1. The summed E-state index contributed by atoms with van der Waals surface area (Å²) in [5.74, 6) is 2.16. The average Bonchev–Trinajstić information content (AvgIpc) is 3.04. The number of aliphatic hydroxyl groups is 1. The lowest BCUT2D eigenvalue weighted by atomic mass is 9.38. The van der Waals surface area contributed by atoms with Crippen LogP contribution in [0.25, 0.3) is 0 Å². The molecule has 8 aliphatic rings. The third-order valence-corrected chi connectivity index (χ3v) is 11.1. The van der Waals surface area contributed by atoms with Crippen molar-refractivity contribution in [1.82, 2.24) is 4.90 Å². The summed E-state index contributed by atoms with van der Waals surface area (Å²) in [5.41, 5.74) is -0.354. The number of nitrogens with zero attached hydrogens (tertiary/aromatic N) is 1. The Morgan fingerprint density at radius 2 is 1.96 bits per heavy atom. The van der Waals surface area contributed by atoms with Crippen molar-refractivity contribution in [3.8, 4) is 0 Å². The van der Waals surface area contributed by atoms with Crippen molar-refractivity contribution in [2.24, 2.45) is 45.8 Å². The Morgan fingerprint density at radius 1 is 1.15 bits per heavy atom. The van der Waals surface area contributed by atoms with Gasteiger partial charge in [0.2, 0.25) is 0 Å². The van der Waals surface area contributed by atoms with Crippen molar-refractivity contribution in [2.75, 3.05) is 19.7 Å². The highest BCUT2D eigenvalue weighted by Crippen LogP contribution is 2.85. The van der Waals surface area contributed by atoms with Gasteiger partial charge in [0.15, 0.2) is 0 Å². The number of hydrogen-bond acceptors (Lipinski definition) is 4. The molecule has 0 amide bonds. The summed E-state index contributed by atoms with van der Waals surface area (Å²) in [6.45, 7) is 7.57. The molecule has 0 aromatic heterocycles. The molecule has 6 aliphatic carbocycles. The number of Topliss-reactive ketones (excluding diaryl/α,β-unsaturated/α-hetero) is 1. The normalized spacial score (nSPS) is 67.6. The Kier molecular flexibility index (Phi) is 2.45. The molecule has 4 heteroatoms. The van der Waals surface area contributed by atoms with Gasteiger partial charge in [-0.25, -0.2) is 0 Å². The zero-order valence-electron chi connectivity index (χ0n) is 16.0. The molecule has 2 aliphatic heterocycles. The lowest BCUT2D eigenvalue weighted by Crippen LogP contribution is -2.72. The first-order valence-electron chi connectivity index (χ1n) is 11.0. The van der Waals surface area contributed by atoms with E-state index in [9.17, 15) is 9.90 Å². The Bertz CT molecular complexity index is 739. The van der Waals surface area contributed by atoms with Gasteiger partial charge in [0, 0.05) is 30.3 Å². The van der Waals surface area contributed by atoms with Crippen LogP contribution in [0.15, 0.2) is 0 Å². The van der Waals surface area contributed by atoms with Crippen LogP contribution >= 0.6 is 0 Å². The van der Waals surface area contributed by atoms with Crippen LogP contribution in [-0.4, -0.2) is 47.3 Å². The van der Waals surface area contributed by atoms with Crippen molar-refractivity contribution in [2.45, 2.75) is 64.2 Å². The van der Waals surface area contributed by atoms with Crippen LogP contribution in [0.3, 0.4) is 0 Å². The third-order valence-electron chi connectivity index (χ3n) is 11.1. The second-order valence-electron chi connectivity index (χ2n) is 11.2. The van der Waals surface area contributed by atoms with Gasteiger partial charge in [0.25, 0.3) is 0 Å². The molecule has 26 heavy (non-hydrogen) atoms. The highest BCUT2D eigenvalue weighted by Gasteiger charge is 2.90. The topological polar surface area (TPSA) is 49.8 Å². The highest BCUT2D eigenvalue weighted by molar-refractivity contribution is 5.91. The van der Waals surface area contributed by atoms with Crippen molar-refractivity contribution in [3.05, 3.63) is 0 Å². The summed E-state index contributed by atoms with van der Waals surface area (Å²) in [5, 5.41) is 11.6. The summed E-state index contributed by atoms with van der Waals surface area (Å²) in [6.07, 6.45) is 6.41. The third kappa shape index (κ3) is 1.14. The standard InChI is InChI=1S/C22H31NO3/c1-12-13-8-15-20-5-3-4-19(2)11-23-6-7-26-22(20,23)16(9-13)21(15,18(12)25)17(24)10-14(19)20/h12-17,24H,3-11H2,1-2H3/t12-,13+,14?,15?,16?,17+,19-,20-,21-,22?/m0/s1. The van der Waals surface area contributed by atoms with E-state index in [1.807, 2.05) is 0 Å². The molecule has 8 rings (SSSR count). The molecule has 6 bridgehead atoms. The molecular weight excluding hydrogens is 326 g/mol. The van der Waals surface area contributed by atoms with Crippen LogP contribution in [0, 0.1) is 45.8 Å².